The second-order valence-corrected chi connectivity index (χ2v) is 8.41. The summed E-state index contributed by atoms with van der Waals surface area (Å²) in [4.78, 5) is 14.5. The van der Waals surface area contributed by atoms with Gasteiger partial charge in [-0.25, -0.2) is 8.42 Å². The largest absolute Gasteiger partial charge is 0.495 e. The van der Waals surface area contributed by atoms with E-state index in [2.05, 4.69) is 10.0 Å². The van der Waals surface area contributed by atoms with Gasteiger partial charge >= 0.3 is 0 Å². The molecule has 156 valence electrons. The first-order valence-corrected chi connectivity index (χ1v) is 10.6. The molecule has 3 aromatic rings. The van der Waals surface area contributed by atoms with Crippen molar-refractivity contribution in [2.45, 2.75) is 4.90 Å². The van der Waals surface area contributed by atoms with E-state index in [1.807, 2.05) is 31.1 Å². The maximum atomic E-state index is 12.7. The van der Waals surface area contributed by atoms with Gasteiger partial charge < -0.3 is 15.0 Å². The fourth-order valence-corrected chi connectivity index (χ4v) is 3.85. The number of hydrogen-bond donors (Lipinski definition) is 2. The van der Waals surface area contributed by atoms with Crippen LogP contribution in [0.3, 0.4) is 0 Å². The number of carbonyl (C=O) groups excluding carboxylic acids is 1. The number of para-hydroxylation sites is 2. The standard InChI is InChI=1S/C22H23N3O4S/c1-25(2)18-8-6-7-16(15-18)22(26)23-17-11-13-19(14-12-17)30(27,28)24-20-9-4-5-10-21(20)29-3/h4-15,24H,1-3H3,(H,23,26). The van der Waals surface area contributed by atoms with E-state index in [1.165, 1.54) is 19.2 Å². The Balaban J connectivity index is 1.74. The minimum Gasteiger partial charge on any atom is -0.495 e. The van der Waals surface area contributed by atoms with Gasteiger partial charge in [0, 0.05) is 31.0 Å². The first kappa shape index (κ1) is 21.2. The van der Waals surface area contributed by atoms with Crippen molar-refractivity contribution in [3.8, 4) is 5.75 Å². The molecular weight excluding hydrogens is 402 g/mol. The molecule has 0 heterocycles. The minimum atomic E-state index is -3.81. The van der Waals surface area contributed by atoms with Crippen molar-refractivity contribution in [3.05, 3.63) is 78.4 Å². The summed E-state index contributed by atoms with van der Waals surface area (Å²) in [6.07, 6.45) is 0. The molecular formula is C22H23N3O4S. The van der Waals surface area contributed by atoms with Crippen LogP contribution in [0.25, 0.3) is 0 Å². The summed E-state index contributed by atoms with van der Waals surface area (Å²) in [5.74, 6) is 0.145. The topological polar surface area (TPSA) is 87.7 Å². The normalized spacial score (nSPS) is 10.9. The number of rotatable bonds is 7. The Morgan fingerprint density at radius 2 is 1.63 bits per heavy atom. The molecule has 0 saturated carbocycles. The average Bonchev–Trinajstić information content (AvgIpc) is 2.74. The van der Waals surface area contributed by atoms with Crippen molar-refractivity contribution in [3.63, 3.8) is 0 Å². The number of hydrogen-bond acceptors (Lipinski definition) is 5. The first-order chi connectivity index (χ1) is 14.3. The molecule has 0 aliphatic rings. The zero-order valence-electron chi connectivity index (χ0n) is 16.9. The summed E-state index contributed by atoms with van der Waals surface area (Å²) in [6, 6.07) is 19.9. The summed E-state index contributed by atoms with van der Waals surface area (Å²) < 4.78 is 33.0. The van der Waals surface area contributed by atoms with E-state index in [0.29, 0.717) is 22.7 Å². The molecule has 0 saturated heterocycles. The summed E-state index contributed by atoms with van der Waals surface area (Å²) >= 11 is 0. The summed E-state index contributed by atoms with van der Waals surface area (Å²) in [5.41, 5.74) is 2.26. The van der Waals surface area contributed by atoms with Gasteiger partial charge in [0.15, 0.2) is 0 Å². The van der Waals surface area contributed by atoms with Crippen LogP contribution in [0.5, 0.6) is 5.75 Å². The molecule has 0 bridgehead atoms. The Morgan fingerprint density at radius 1 is 0.933 bits per heavy atom. The van der Waals surface area contributed by atoms with E-state index in [0.717, 1.165) is 5.69 Å². The third-order valence-electron chi connectivity index (χ3n) is 4.40. The Bertz CT molecular complexity index is 1140. The maximum Gasteiger partial charge on any atom is 0.262 e. The number of benzene rings is 3. The van der Waals surface area contributed by atoms with Gasteiger partial charge in [-0.2, -0.15) is 0 Å². The van der Waals surface area contributed by atoms with Crippen LogP contribution in [0.2, 0.25) is 0 Å². The van der Waals surface area contributed by atoms with Crippen LogP contribution in [0.1, 0.15) is 10.4 Å². The highest BCUT2D eigenvalue weighted by molar-refractivity contribution is 7.92. The Hall–Kier alpha value is -3.52. The number of ether oxygens (including phenoxy) is 1. The molecule has 0 fully saturated rings. The first-order valence-electron chi connectivity index (χ1n) is 9.15. The van der Waals surface area contributed by atoms with Gasteiger partial charge in [0.05, 0.1) is 17.7 Å². The van der Waals surface area contributed by atoms with Crippen molar-refractivity contribution < 1.29 is 17.9 Å². The summed E-state index contributed by atoms with van der Waals surface area (Å²) in [5, 5.41) is 2.78. The van der Waals surface area contributed by atoms with E-state index in [9.17, 15) is 13.2 Å². The Labute approximate surface area is 176 Å². The average molecular weight is 426 g/mol. The molecule has 3 aromatic carbocycles. The van der Waals surface area contributed by atoms with Crippen LogP contribution in [0.4, 0.5) is 17.1 Å². The van der Waals surface area contributed by atoms with Crippen LogP contribution in [-0.2, 0) is 10.0 Å². The van der Waals surface area contributed by atoms with Gasteiger partial charge in [0.1, 0.15) is 5.75 Å². The maximum absolute atomic E-state index is 12.7. The highest BCUT2D eigenvalue weighted by Gasteiger charge is 2.16. The lowest BCUT2D eigenvalue weighted by Gasteiger charge is -2.14. The quantitative estimate of drug-likeness (QED) is 0.601. The summed E-state index contributed by atoms with van der Waals surface area (Å²) in [7, 11) is 1.46. The molecule has 0 unspecified atom stereocenters. The van der Waals surface area contributed by atoms with Crippen molar-refractivity contribution >= 4 is 33.0 Å². The Kier molecular flexibility index (Phi) is 6.27. The lowest BCUT2D eigenvalue weighted by Crippen LogP contribution is -2.15. The number of carbonyl (C=O) groups is 1. The van der Waals surface area contributed by atoms with E-state index in [-0.39, 0.29) is 10.8 Å². The molecule has 1 amide bonds. The number of methoxy groups -OCH3 is 1. The van der Waals surface area contributed by atoms with Gasteiger partial charge in [0.2, 0.25) is 0 Å². The zero-order valence-corrected chi connectivity index (χ0v) is 17.7. The van der Waals surface area contributed by atoms with Crippen LogP contribution >= 0.6 is 0 Å². The predicted molar refractivity (Wildman–Crippen MR) is 119 cm³/mol. The van der Waals surface area contributed by atoms with Crippen LogP contribution in [0.15, 0.2) is 77.7 Å². The highest BCUT2D eigenvalue weighted by atomic mass is 32.2. The van der Waals surface area contributed by atoms with Crippen molar-refractivity contribution in [2.24, 2.45) is 0 Å². The zero-order chi connectivity index (χ0) is 21.7. The lowest BCUT2D eigenvalue weighted by atomic mass is 10.1. The van der Waals surface area contributed by atoms with Gasteiger partial charge in [-0.05, 0) is 54.6 Å². The molecule has 0 aromatic heterocycles. The number of amides is 1. The molecule has 0 spiro atoms. The second kappa shape index (κ2) is 8.87. The fourth-order valence-electron chi connectivity index (χ4n) is 2.78. The third-order valence-corrected chi connectivity index (χ3v) is 5.78. The molecule has 0 aliphatic carbocycles. The van der Waals surface area contributed by atoms with E-state index >= 15 is 0 Å². The number of anilines is 3. The summed E-state index contributed by atoms with van der Waals surface area (Å²) in [6.45, 7) is 0. The smallest absolute Gasteiger partial charge is 0.262 e. The Morgan fingerprint density at radius 3 is 2.30 bits per heavy atom. The molecule has 3 rings (SSSR count). The SMILES string of the molecule is COc1ccccc1NS(=O)(=O)c1ccc(NC(=O)c2cccc(N(C)C)c2)cc1. The van der Waals surface area contributed by atoms with Gasteiger partial charge in [-0.1, -0.05) is 18.2 Å². The van der Waals surface area contributed by atoms with E-state index < -0.39 is 10.0 Å². The molecule has 0 radical (unpaired) electrons. The van der Waals surface area contributed by atoms with E-state index in [4.69, 9.17) is 4.74 Å². The lowest BCUT2D eigenvalue weighted by molar-refractivity contribution is 0.102. The molecule has 2 N–H and O–H groups in total. The third kappa shape index (κ3) is 4.90. The highest BCUT2D eigenvalue weighted by Crippen LogP contribution is 2.26. The van der Waals surface area contributed by atoms with Crippen LogP contribution in [0, 0.1) is 0 Å². The molecule has 7 nitrogen and oxygen atoms in total. The molecule has 0 atom stereocenters. The minimum absolute atomic E-state index is 0.0704. The number of sulfonamides is 1. The van der Waals surface area contributed by atoms with Crippen molar-refractivity contribution in [1.29, 1.82) is 0 Å². The van der Waals surface area contributed by atoms with E-state index in [1.54, 1.807) is 48.5 Å². The molecule has 30 heavy (non-hydrogen) atoms. The number of nitrogens with one attached hydrogen (secondary N) is 2. The molecule has 8 heteroatoms. The fraction of sp³-hybridized carbons (Fsp3) is 0.136. The molecule has 0 aliphatic heterocycles. The predicted octanol–water partition coefficient (Wildman–Crippen LogP) is 3.81. The van der Waals surface area contributed by atoms with Gasteiger partial charge in [-0.3, -0.25) is 9.52 Å². The monoisotopic (exact) mass is 425 g/mol. The van der Waals surface area contributed by atoms with Crippen LogP contribution < -0.4 is 19.7 Å². The second-order valence-electron chi connectivity index (χ2n) is 6.73. The van der Waals surface area contributed by atoms with Crippen molar-refractivity contribution in [2.75, 3.05) is 36.1 Å². The number of nitrogens with zero attached hydrogens (tertiary/aromatic N) is 1. The van der Waals surface area contributed by atoms with Gasteiger partial charge in [0.25, 0.3) is 15.9 Å². The van der Waals surface area contributed by atoms with Gasteiger partial charge in [-0.15, -0.1) is 0 Å². The van der Waals surface area contributed by atoms with Crippen molar-refractivity contribution in [1.82, 2.24) is 0 Å². The van der Waals surface area contributed by atoms with Crippen LogP contribution in [-0.4, -0.2) is 35.5 Å².